The van der Waals surface area contributed by atoms with Crippen LogP contribution in [0.3, 0.4) is 0 Å². The molecule has 0 radical (unpaired) electrons. The van der Waals surface area contributed by atoms with E-state index in [9.17, 15) is 19.2 Å². The molecule has 0 unspecified atom stereocenters. The van der Waals surface area contributed by atoms with Crippen molar-refractivity contribution < 1.29 is 23.9 Å². The Morgan fingerprint density at radius 2 is 1.86 bits per heavy atom. The second-order valence-electron chi connectivity index (χ2n) is 9.40. The van der Waals surface area contributed by atoms with Gasteiger partial charge in [-0.1, -0.05) is 39.8 Å². The van der Waals surface area contributed by atoms with Crippen LogP contribution >= 0.6 is 0 Å². The molecule has 1 aliphatic heterocycles. The minimum Gasteiger partial charge on any atom is -0.491 e. The molecule has 4 amide bonds. The maximum Gasteiger partial charge on any atom is 0.255 e. The van der Waals surface area contributed by atoms with Crippen molar-refractivity contribution in [2.45, 2.75) is 52.6 Å². The summed E-state index contributed by atoms with van der Waals surface area (Å²) in [4.78, 5) is 55.9. The van der Waals surface area contributed by atoms with Crippen LogP contribution in [0.15, 0.2) is 24.3 Å². The van der Waals surface area contributed by atoms with Crippen LogP contribution in [0.2, 0.25) is 0 Å². The number of hydrogen-bond acceptors (Lipinski definition) is 6. The summed E-state index contributed by atoms with van der Waals surface area (Å²) < 4.78 is 5.82. The van der Waals surface area contributed by atoms with Crippen molar-refractivity contribution in [3.05, 3.63) is 29.8 Å². The van der Waals surface area contributed by atoms with Gasteiger partial charge in [0.2, 0.25) is 17.7 Å². The summed E-state index contributed by atoms with van der Waals surface area (Å²) in [6, 6.07) is 4.85. The summed E-state index contributed by atoms with van der Waals surface area (Å²) in [5, 5.41) is 8.31. The SMILES string of the molecule is CCN(CC)CCNC(=O)[C@@H]1CC(=O)N[C@@H](CC(C)C)C(=O)N(C)CCOc2ccccc2C(=O)N1. The number of amides is 4. The van der Waals surface area contributed by atoms with Gasteiger partial charge in [-0.25, -0.2) is 0 Å². The maximum atomic E-state index is 13.1. The second-order valence-corrected chi connectivity index (χ2v) is 9.40. The van der Waals surface area contributed by atoms with E-state index >= 15 is 0 Å². The number of likely N-dealkylation sites (N-methyl/N-ethyl adjacent to an activating group) is 2. The van der Waals surface area contributed by atoms with E-state index in [1.807, 2.05) is 27.7 Å². The molecule has 36 heavy (non-hydrogen) atoms. The molecule has 1 aromatic carbocycles. The zero-order valence-electron chi connectivity index (χ0n) is 22.1. The van der Waals surface area contributed by atoms with Gasteiger partial charge in [0.25, 0.3) is 5.91 Å². The largest absolute Gasteiger partial charge is 0.491 e. The number of nitrogens with one attached hydrogen (secondary N) is 3. The van der Waals surface area contributed by atoms with E-state index in [1.54, 1.807) is 31.3 Å². The average molecular weight is 504 g/mol. The first-order chi connectivity index (χ1) is 17.2. The monoisotopic (exact) mass is 503 g/mol. The Balaban J connectivity index is 2.30. The van der Waals surface area contributed by atoms with Gasteiger partial charge in [-0.2, -0.15) is 0 Å². The summed E-state index contributed by atoms with van der Waals surface area (Å²) in [5.74, 6) is -1.17. The van der Waals surface area contributed by atoms with Crippen LogP contribution in [-0.2, 0) is 14.4 Å². The van der Waals surface area contributed by atoms with Crippen molar-refractivity contribution in [1.82, 2.24) is 25.8 Å². The molecule has 10 heteroatoms. The molecular formula is C26H41N5O5. The highest BCUT2D eigenvalue weighted by Crippen LogP contribution is 2.19. The summed E-state index contributed by atoms with van der Waals surface area (Å²) in [7, 11) is 1.65. The fourth-order valence-electron chi connectivity index (χ4n) is 4.03. The standard InChI is InChI=1S/C26H41N5O5/c1-6-31(7-2)13-12-27-25(34)20-17-23(32)28-21(16-18(3)4)26(35)30(5)14-15-36-22-11-9-8-10-19(22)24(33)29-20/h8-11,18,20-21H,6-7,12-17H2,1-5H3,(H,27,34)(H,28,32)(H,29,33)/t20-,21-/m0/s1. The lowest BCUT2D eigenvalue weighted by atomic mass is 10.0. The van der Waals surface area contributed by atoms with Gasteiger partial charge < -0.3 is 30.5 Å². The highest BCUT2D eigenvalue weighted by molar-refractivity contribution is 6.01. The number of fused-ring (bicyclic) bond motifs is 1. The Hall–Kier alpha value is -3.14. The summed E-state index contributed by atoms with van der Waals surface area (Å²) in [6.45, 7) is 11.2. The number of rotatable bonds is 8. The van der Waals surface area contributed by atoms with Gasteiger partial charge in [-0.3, -0.25) is 19.2 Å². The second kappa shape index (κ2) is 14.4. The Morgan fingerprint density at radius 3 is 2.53 bits per heavy atom. The fourth-order valence-corrected chi connectivity index (χ4v) is 4.03. The summed E-state index contributed by atoms with van der Waals surface area (Å²) >= 11 is 0. The lowest BCUT2D eigenvalue weighted by molar-refractivity contribution is -0.136. The van der Waals surface area contributed by atoms with Crippen molar-refractivity contribution >= 4 is 23.6 Å². The van der Waals surface area contributed by atoms with Gasteiger partial charge in [-0.05, 0) is 37.6 Å². The van der Waals surface area contributed by atoms with Crippen LogP contribution in [-0.4, -0.2) is 91.9 Å². The number of carbonyl (C=O) groups is 4. The topological polar surface area (TPSA) is 120 Å². The Labute approximate surface area is 214 Å². The molecular weight excluding hydrogens is 462 g/mol. The molecule has 2 atom stereocenters. The van der Waals surface area contributed by atoms with Crippen molar-refractivity contribution in [2.75, 3.05) is 46.4 Å². The molecule has 200 valence electrons. The zero-order chi connectivity index (χ0) is 26.7. The Bertz CT molecular complexity index is 902. The van der Waals surface area contributed by atoms with Crippen molar-refractivity contribution in [3.63, 3.8) is 0 Å². The van der Waals surface area contributed by atoms with Crippen LogP contribution in [0, 0.1) is 5.92 Å². The molecule has 10 nitrogen and oxygen atoms in total. The highest BCUT2D eigenvalue weighted by Gasteiger charge is 2.30. The quantitative estimate of drug-likeness (QED) is 0.487. The minimum atomic E-state index is -1.11. The molecule has 0 aromatic heterocycles. The third-order valence-electron chi connectivity index (χ3n) is 6.17. The van der Waals surface area contributed by atoms with E-state index in [0.29, 0.717) is 25.3 Å². The van der Waals surface area contributed by atoms with Crippen LogP contribution in [0.25, 0.3) is 0 Å². The molecule has 0 fully saturated rings. The first kappa shape index (κ1) is 29.1. The normalized spacial score (nSPS) is 19.8. The lowest BCUT2D eigenvalue weighted by Crippen LogP contribution is -2.53. The minimum absolute atomic E-state index is 0.161. The first-order valence-corrected chi connectivity index (χ1v) is 12.7. The van der Waals surface area contributed by atoms with Crippen LogP contribution in [0.1, 0.15) is 50.9 Å². The molecule has 1 heterocycles. The molecule has 0 aliphatic carbocycles. The smallest absolute Gasteiger partial charge is 0.255 e. The van der Waals surface area contributed by atoms with Gasteiger partial charge in [0.15, 0.2) is 0 Å². The highest BCUT2D eigenvalue weighted by atomic mass is 16.5. The van der Waals surface area contributed by atoms with Gasteiger partial charge in [0, 0.05) is 20.1 Å². The molecule has 0 bridgehead atoms. The maximum absolute atomic E-state index is 13.1. The predicted molar refractivity (Wildman–Crippen MR) is 138 cm³/mol. The molecule has 0 saturated heterocycles. The van der Waals surface area contributed by atoms with Gasteiger partial charge in [0.1, 0.15) is 24.4 Å². The van der Waals surface area contributed by atoms with Gasteiger partial charge in [-0.15, -0.1) is 0 Å². The number of carbonyl (C=O) groups excluding carboxylic acids is 4. The number of benzene rings is 1. The average Bonchev–Trinajstić information content (AvgIpc) is 2.84. The van der Waals surface area contributed by atoms with Crippen LogP contribution in [0.4, 0.5) is 0 Å². The van der Waals surface area contributed by atoms with Crippen molar-refractivity contribution in [3.8, 4) is 5.75 Å². The molecule has 1 aliphatic rings. The molecule has 1 aromatic rings. The summed E-state index contributed by atoms with van der Waals surface area (Å²) in [5.41, 5.74) is 0.252. The number of para-hydroxylation sites is 1. The van der Waals surface area contributed by atoms with Crippen molar-refractivity contribution in [2.24, 2.45) is 5.92 Å². The number of nitrogens with zero attached hydrogens (tertiary/aromatic N) is 2. The van der Waals surface area contributed by atoms with E-state index < -0.39 is 29.8 Å². The van der Waals surface area contributed by atoms with Gasteiger partial charge in [0.05, 0.1) is 18.5 Å². The van der Waals surface area contributed by atoms with E-state index in [1.165, 1.54) is 4.90 Å². The van der Waals surface area contributed by atoms with Gasteiger partial charge >= 0.3 is 0 Å². The first-order valence-electron chi connectivity index (χ1n) is 12.7. The fraction of sp³-hybridized carbons (Fsp3) is 0.615. The van der Waals surface area contributed by atoms with E-state index in [4.69, 9.17) is 4.74 Å². The van der Waals surface area contributed by atoms with E-state index in [-0.39, 0.29) is 37.0 Å². The van der Waals surface area contributed by atoms with Crippen LogP contribution < -0.4 is 20.7 Å². The third kappa shape index (κ3) is 8.82. The lowest BCUT2D eigenvalue weighted by Gasteiger charge is -2.27. The summed E-state index contributed by atoms with van der Waals surface area (Å²) in [6.07, 6.45) is 0.156. The molecule has 2 rings (SSSR count). The third-order valence-corrected chi connectivity index (χ3v) is 6.17. The van der Waals surface area contributed by atoms with E-state index in [0.717, 1.165) is 13.1 Å². The molecule has 0 spiro atoms. The Morgan fingerprint density at radius 1 is 1.17 bits per heavy atom. The van der Waals surface area contributed by atoms with Crippen LogP contribution in [0.5, 0.6) is 5.75 Å². The zero-order valence-corrected chi connectivity index (χ0v) is 22.1. The Kier molecular flexibility index (Phi) is 11.7. The number of hydrogen-bond donors (Lipinski definition) is 3. The number of ether oxygens (including phenoxy) is 1. The van der Waals surface area contributed by atoms with Crippen molar-refractivity contribution in [1.29, 1.82) is 0 Å². The molecule has 0 saturated carbocycles. The predicted octanol–water partition coefficient (Wildman–Crippen LogP) is 1.01. The molecule has 3 N–H and O–H groups in total. The van der Waals surface area contributed by atoms with E-state index in [2.05, 4.69) is 20.9 Å².